The Morgan fingerprint density at radius 3 is 2.67 bits per heavy atom. The number of esters is 1. The monoisotopic (exact) mass is 254 g/mol. The van der Waals surface area contributed by atoms with Crippen molar-refractivity contribution in [2.45, 2.75) is 46.1 Å². The number of carbonyl (C=O) groups is 1. The van der Waals surface area contributed by atoms with Crippen LogP contribution in [0.5, 0.6) is 0 Å². The molecule has 0 bridgehead atoms. The molecule has 6 nitrogen and oxygen atoms in total. The molecule has 0 spiro atoms. The van der Waals surface area contributed by atoms with Crippen molar-refractivity contribution in [2.75, 3.05) is 13.1 Å². The summed E-state index contributed by atoms with van der Waals surface area (Å²) in [6, 6.07) is 0. The number of likely N-dealkylation sites (N-methyl/N-ethyl adjacent to an activating group) is 1. The molecule has 0 fully saturated rings. The van der Waals surface area contributed by atoms with Crippen LogP contribution < -0.4 is 5.32 Å². The maximum Gasteiger partial charge on any atom is 0.361 e. The van der Waals surface area contributed by atoms with Crippen molar-refractivity contribution in [3.63, 3.8) is 0 Å². The van der Waals surface area contributed by atoms with Gasteiger partial charge in [0, 0.05) is 12.5 Å². The molecule has 1 rings (SSSR count). The second kappa shape index (κ2) is 5.95. The molecule has 1 aromatic rings. The van der Waals surface area contributed by atoms with Crippen molar-refractivity contribution in [1.29, 1.82) is 0 Å². The van der Waals surface area contributed by atoms with Crippen LogP contribution in [0.2, 0.25) is 0 Å². The highest BCUT2D eigenvalue weighted by atomic mass is 16.6. The van der Waals surface area contributed by atoms with Crippen molar-refractivity contribution in [1.82, 2.24) is 20.7 Å². The van der Waals surface area contributed by atoms with Crippen molar-refractivity contribution in [3.05, 3.63) is 11.4 Å². The van der Waals surface area contributed by atoms with Gasteiger partial charge in [-0.3, -0.25) is 0 Å². The van der Waals surface area contributed by atoms with E-state index in [1.165, 1.54) is 0 Å². The molecule has 0 radical (unpaired) electrons. The van der Waals surface area contributed by atoms with Gasteiger partial charge in [-0.25, -0.2) is 4.79 Å². The average Bonchev–Trinajstić information content (AvgIpc) is 2.72. The lowest BCUT2D eigenvalue weighted by atomic mass is 10.1. The van der Waals surface area contributed by atoms with E-state index < -0.39 is 11.6 Å². The molecule has 0 aliphatic rings. The summed E-state index contributed by atoms with van der Waals surface area (Å²) in [5.74, 6) is -0.333. The molecule has 1 atom stereocenters. The van der Waals surface area contributed by atoms with Crippen LogP contribution in [0.15, 0.2) is 0 Å². The van der Waals surface area contributed by atoms with E-state index in [-0.39, 0.29) is 11.6 Å². The fourth-order valence-electron chi connectivity index (χ4n) is 1.52. The van der Waals surface area contributed by atoms with Crippen LogP contribution in [0, 0.1) is 0 Å². The minimum Gasteiger partial charge on any atom is -0.455 e. The smallest absolute Gasteiger partial charge is 0.361 e. The lowest BCUT2D eigenvalue weighted by Gasteiger charge is -2.19. The molecule has 0 aliphatic carbocycles. The quantitative estimate of drug-likeness (QED) is 0.778. The van der Waals surface area contributed by atoms with E-state index in [9.17, 15) is 4.79 Å². The molecule has 0 saturated carbocycles. The number of nitrogens with one attached hydrogen (secondary N) is 2. The highest BCUT2D eigenvalue weighted by Gasteiger charge is 2.25. The average molecular weight is 254 g/mol. The first kappa shape index (κ1) is 14.6. The molecule has 18 heavy (non-hydrogen) atoms. The van der Waals surface area contributed by atoms with E-state index in [0.717, 1.165) is 13.1 Å². The molecule has 0 aromatic carbocycles. The van der Waals surface area contributed by atoms with Gasteiger partial charge in [0.2, 0.25) is 0 Å². The van der Waals surface area contributed by atoms with Crippen molar-refractivity contribution < 1.29 is 9.53 Å². The van der Waals surface area contributed by atoms with Gasteiger partial charge in [0.05, 0.1) is 0 Å². The van der Waals surface area contributed by atoms with Crippen LogP contribution in [-0.4, -0.2) is 40.1 Å². The predicted molar refractivity (Wildman–Crippen MR) is 68.5 cm³/mol. The first-order valence-corrected chi connectivity index (χ1v) is 6.20. The van der Waals surface area contributed by atoms with E-state index >= 15 is 0 Å². The molecule has 6 heteroatoms. The molecule has 102 valence electrons. The fourth-order valence-corrected chi connectivity index (χ4v) is 1.52. The van der Waals surface area contributed by atoms with Gasteiger partial charge in [0.1, 0.15) is 11.3 Å². The van der Waals surface area contributed by atoms with E-state index in [4.69, 9.17) is 4.74 Å². The van der Waals surface area contributed by atoms with Gasteiger partial charge >= 0.3 is 5.97 Å². The van der Waals surface area contributed by atoms with Gasteiger partial charge in [0.15, 0.2) is 5.69 Å². The van der Waals surface area contributed by atoms with Gasteiger partial charge in [0.25, 0.3) is 0 Å². The second-order valence-corrected chi connectivity index (χ2v) is 5.27. The molecular formula is C12H22N4O2. The van der Waals surface area contributed by atoms with E-state index in [1.807, 2.05) is 34.6 Å². The summed E-state index contributed by atoms with van der Waals surface area (Å²) in [7, 11) is 0. The number of rotatable bonds is 5. The zero-order chi connectivity index (χ0) is 13.8. The van der Waals surface area contributed by atoms with E-state index in [0.29, 0.717) is 5.69 Å². The lowest BCUT2D eigenvalue weighted by molar-refractivity contribution is 0.00611. The third kappa shape index (κ3) is 4.10. The molecule has 0 saturated heterocycles. The normalized spacial score (nSPS) is 13.4. The first-order chi connectivity index (χ1) is 8.35. The number of nitrogens with zero attached hydrogens (tertiary/aromatic N) is 2. The predicted octanol–water partition coefficient (Wildman–Crippen LogP) is 1.47. The zero-order valence-electron chi connectivity index (χ0n) is 11.7. The van der Waals surface area contributed by atoms with Crippen molar-refractivity contribution in [2.24, 2.45) is 0 Å². The molecule has 0 amide bonds. The largest absolute Gasteiger partial charge is 0.455 e. The highest BCUT2D eigenvalue weighted by Crippen LogP contribution is 2.18. The summed E-state index contributed by atoms with van der Waals surface area (Å²) in [4.78, 5) is 12.0. The van der Waals surface area contributed by atoms with Crippen LogP contribution in [0.1, 0.15) is 56.7 Å². The summed E-state index contributed by atoms with van der Waals surface area (Å²) in [5.41, 5.74) is 0.388. The summed E-state index contributed by atoms with van der Waals surface area (Å²) in [5, 5.41) is 13.6. The maximum atomic E-state index is 12.0. The number of H-pyrrole nitrogens is 1. The lowest BCUT2D eigenvalue weighted by Crippen LogP contribution is -2.26. The third-order valence-corrected chi connectivity index (χ3v) is 2.33. The van der Waals surface area contributed by atoms with Gasteiger partial charge < -0.3 is 10.1 Å². The van der Waals surface area contributed by atoms with E-state index in [1.54, 1.807) is 0 Å². The van der Waals surface area contributed by atoms with Gasteiger partial charge in [-0.1, -0.05) is 13.8 Å². The molecule has 0 aliphatic heterocycles. The number of hydrogen-bond donors (Lipinski definition) is 2. The molecule has 2 N–H and O–H groups in total. The van der Waals surface area contributed by atoms with Crippen LogP contribution in [0.3, 0.4) is 0 Å². The Hall–Kier alpha value is -1.43. The second-order valence-electron chi connectivity index (χ2n) is 5.27. The molecule has 1 heterocycles. The van der Waals surface area contributed by atoms with Crippen molar-refractivity contribution >= 4 is 5.97 Å². The Balaban J connectivity index is 2.78. The van der Waals surface area contributed by atoms with Gasteiger partial charge in [-0.05, 0) is 27.3 Å². The standard InChI is InChI=1S/C12H22N4O2/c1-6-13-7-8(2)9-10(15-16-14-9)11(17)18-12(3,4)5/h8,13H,6-7H2,1-5H3,(H,14,15,16). The molecule has 1 aromatic heterocycles. The van der Waals surface area contributed by atoms with E-state index in [2.05, 4.69) is 20.7 Å². The number of carbonyl (C=O) groups excluding carboxylic acids is 1. The topological polar surface area (TPSA) is 79.9 Å². The Morgan fingerprint density at radius 1 is 1.44 bits per heavy atom. The highest BCUT2D eigenvalue weighted by molar-refractivity contribution is 5.88. The van der Waals surface area contributed by atoms with Gasteiger partial charge in [-0.15, -0.1) is 5.10 Å². The Kier molecular flexibility index (Phi) is 4.84. The number of aromatic nitrogens is 3. The van der Waals surface area contributed by atoms with Gasteiger partial charge in [-0.2, -0.15) is 10.3 Å². The van der Waals surface area contributed by atoms with Crippen LogP contribution in [-0.2, 0) is 4.74 Å². The van der Waals surface area contributed by atoms with Crippen LogP contribution >= 0.6 is 0 Å². The van der Waals surface area contributed by atoms with Crippen LogP contribution in [0.4, 0.5) is 0 Å². The fraction of sp³-hybridized carbons (Fsp3) is 0.750. The number of ether oxygens (including phenoxy) is 1. The molecular weight excluding hydrogens is 232 g/mol. The minimum absolute atomic E-state index is 0.103. The van der Waals surface area contributed by atoms with Crippen LogP contribution in [0.25, 0.3) is 0 Å². The zero-order valence-corrected chi connectivity index (χ0v) is 11.7. The van der Waals surface area contributed by atoms with Crippen molar-refractivity contribution in [3.8, 4) is 0 Å². The Bertz CT molecular complexity index is 395. The molecule has 1 unspecified atom stereocenters. The Morgan fingerprint density at radius 2 is 2.11 bits per heavy atom. The number of hydrogen-bond acceptors (Lipinski definition) is 5. The Labute approximate surface area is 107 Å². The summed E-state index contributed by atoms with van der Waals surface area (Å²) < 4.78 is 5.30. The maximum absolute atomic E-state index is 12.0. The summed E-state index contributed by atoms with van der Waals surface area (Å²) in [6.07, 6.45) is 0. The SMILES string of the molecule is CCNCC(C)c1n[nH]nc1C(=O)OC(C)(C)C. The minimum atomic E-state index is -0.530. The summed E-state index contributed by atoms with van der Waals surface area (Å²) in [6.45, 7) is 11.1. The third-order valence-electron chi connectivity index (χ3n) is 2.33. The number of aromatic amines is 1. The first-order valence-electron chi connectivity index (χ1n) is 6.20. The summed E-state index contributed by atoms with van der Waals surface area (Å²) >= 11 is 0.